The van der Waals surface area contributed by atoms with Gasteiger partial charge in [-0.15, -0.1) is 0 Å². The maximum Gasteiger partial charge on any atom is 0.450 e. The van der Waals surface area contributed by atoms with Gasteiger partial charge < -0.3 is 5.11 Å². The van der Waals surface area contributed by atoms with Gasteiger partial charge in [0, 0.05) is 6.20 Å². The van der Waals surface area contributed by atoms with Gasteiger partial charge in [-0.05, 0) is 18.2 Å². The zero-order valence-corrected chi connectivity index (χ0v) is 12.9. The number of nitrogens with one attached hydrogen (secondary N) is 2. The third kappa shape index (κ3) is 3.91. The van der Waals surface area contributed by atoms with Gasteiger partial charge in [0.1, 0.15) is 0 Å². The number of halogens is 4. The third-order valence-electron chi connectivity index (χ3n) is 2.88. The molecule has 0 atom stereocenters. The highest BCUT2D eigenvalue weighted by Gasteiger charge is 2.39. The van der Waals surface area contributed by atoms with Crippen molar-refractivity contribution in [1.82, 2.24) is 19.8 Å². The lowest BCUT2D eigenvalue weighted by Crippen LogP contribution is -2.36. The van der Waals surface area contributed by atoms with Crippen LogP contribution in [0, 0.1) is 10.9 Å². The predicted octanol–water partition coefficient (Wildman–Crippen LogP) is 2.91. The van der Waals surface area contributed by atoms with Crippen molar-refractivity contribution in [2.24, 2.45) is 5.22 Å². The predicted molar refractivity (Wildman–Crippen MR) is 77.8 cm³/mol. The molecule has 132 valence electrons. The van der Waals surface area contributed by atoms with E-state index in [0.29, 0.717) is 0 Å². The van der Waals surface area contributed by atoms with Crippen molar-refractivity contribution in [3.63, 3.8) is 0 Å². The molecule has 2 heterocycles. The van der Waals surface area contributed by atoms with Crippen molar-refractivity contribution in [3.8, 4) is 5.82 Å². The van der Waals surface area contributed by atoms with E-state index >= 15 is 0 Å². The first-order valence-electron chi connectivity index (χ1n) is 6.39. The van der Waals surface area contributed by atoms with E-state index in [0.717, 1.165) is 10.7 Å². The molecule has 2 rings (SSSR count). The molecule has 2 aromatic rings. The fraction of sp³-hybridized carbons (Fsp3) is 0.167. The number of hydrogen-bond donors (Lipinski definition) is 3. The summed E-state index contributed by atoms with van der Waals surface area (Å²) in [6, 6.07) is 3.92. The first kappa shape index (κ1) is 18.3. The van der Waals surface area contributed by atoms with Crippen LogP contribution in [0.4, 0.5) is 13.2 Å². The van der Waals surface area contributed by atoms with Crippen molar-refractivity contribution >= 4 is 23.4 Å². The monoisotopic (exact) mass is 375 g/mol. The molecule has 0 aromatic carbocycles. The lowest BCUT2D eigenvalue weighted by Gasteiger charge is -2.18. The third-order valence-corrected chi connectivity index (χ3v) is 3.17. The summed E-state index contributed by atoms with van der Waals surface area (Å²) in [4.78, 5) is 15.2. The number of rotatable bonds is 5. The number of pyridine rings is 1. The zero-order chi connectivity index (χ0) is 18.8. The molecule has 0 aliphatic rings. The lowest BCUT2D eigenvalue weighted by atomic mass is 10.3. The van der Waals surface area contributed by atoms with Gasteiger partial charge in [0.15, 0.2) is 11.5 Å². The van der Waals surface area contributed by atoms with E-state index in [4.69, 9.17) is 22.5 Å². The Kier molecular flexibility index (Phi) is 5.02. The SMILES string of the molecule is N=NN(Cc1cc(C(=O)O)n(-c2ncccc2Cl)n1)C(=N)C(F)(F)F. The normalized spacial score (nSPS) is 11.2. The summed E-state index contributed by atoms with van der Waals surface area (Å²) in [6.07, 6.45) is -3.69. The number of hydrogen-bond acceptors (Lipinski definition) is 6. The molecule has 0 bridgehead atoms. The van der Waals surface area contributed by atoms with Crippen LogP contribution in [0.5, 0.6) is 0 Å². The van der Waals surface area contributed by atoms with Crippen LogP contribution in [0.2, 0.25) is 5.02 Å². The second-order valence-corrected chi connectivity index (χ2v) is 4.96. The van der Waals surface area contributed by atoms with Crippen LogP contribution in [0.25, 0.3) is 5.82 Å². The summed E-state index contributed by atoms with van der Waals surface area (Å²) in [7, 11) is 0. The molecule has 2 aromatic heterocycles. The number of carbonyl (C=O) groups is 1. The quantitative estimate of drug-likeness (QED) is 0.320. The molecule has 13 heteroatoms. The minimum absolute atomic E-state index is 0.0261. The first-order valence-corrected chi connectivity index (χ1v) is 6.76. The van der Waals surface area contributed by atoms with E-state index in [1.165, 1.54) is 18.3 Å². The second-order valence-electron chi connectivity index (χ2n) is 4.55. The molecule has 0 saturated heterocycles. The van der Waals surface area contributed by atoms with Crippen molar-refractivity contribution in [2.75, 3.05) is 0 Å². The highest BCUT2D eigenvalue weighted by atomic mass is 35.5. The smallest absolute Gasteiger partial charge is 0.450 e. The number of carboxylic acid groups (broad SMARTS) is 1. The molecule has 0 aliphatic heterocycles. The van der Waals surface area contributed by atoms with E-state index in [1.54, 1.807) is 0 Å². The van der Waals surface area contributed by atoms with Crippen LogP contribution in [-0.4, -0.2) is 42.9 Å². The molecule has 0 spiro atoms. The van der Waals surface area contributed by atoms with Crippen LogP contribution in [-0.2, 0) is 6.54 Å². The summed E-state index contributed by atoms with van der Waals surface area (Å²) < 4.78 is 38.5. The van der Waals surface area contributed by atoms with E-state index in [-0.39, 0.29) is 21.5 Å². The summed E-state index contributed by atoms with van der Waals surface area (Å²) in [6.45, 7) is -0.737. The van der Waals surface area contributed by atoms with Gasteiger partial charge >= 0.3 is 12.1 Å². The number of amidine groups is 1. The standard InChI is InChI=1S/C12H9ClF3N7O2/c13-7-2-1-3-19-9(7)23-8(10(24)25)4-6(20-23)5-22(21-18)11(17)12(14,15)16/h1-4,17-18H,5H2,(H,24,25). The molecule has 25 heavy (non-hydrogen) atoms. The Morgan fingerprint density at radius 1 is 1.48 bits per heavy atom. The highest BCUT2D eigenvalue weighted by Crippen LogP contribution is 2.22. The van der Waals surface area contributed by atoms with Crippen LogP contribution in [0.3, 0.4) is 0 Å². The Morgan fingerprint density at radius 3 is 2.68 bits per heavy atom. The molecule has 0 unspecified atom stereocenters. The lowest BCUT2D eigenvalue weighted by molar-refractivity contribution is -0.0708. The van der Waals surface area contributed by atoms with Gasteiger partial charge in [-0.1, -0.05) is 16.8 Å². The van der Waals surface area contributed by atoms with Crippen molar-refractivity contribution < 1.29 is 23.1 Å². The van der Waals surface area contributed by atoms with Gasteiger partial charge in [-0.2, -0.15) is 23.8 Å². The number of carboxylic acids is 1. The fourth-order valence-corrected chi connectivity index (χ4v) is 2.02. The molecule has 9 nitrogen and oxygen atoms in total. The highest BCUT2D eigenvalue weighted by molar-refractivity contribution is 6.32. The minimum Gasteiger partial charge on any atom is -0.477 e. The van der Waals surface area contributed by atoms with Crippen LogP contribution in [0.1, 0.15) is 16.2 Å². The molecule has 0 saturated carbocycles. The largest absolute Gasteiger partial charge is 0.477 e. The molecule has 0 amide bonds. The van der Waals surface area contributed by atoms with Crippen molar-refractivity contribution in [1.29, 1.82) is 10.9 Å². The summed E-state index contributed by atoms with van der Waals surface area (Å²) in [5.41, 5.74) is 6.21. The van der Waals surface area contributed by atoms with Gasteiger partial charge in [0.2, 0.25) is 5.84 Å². The number of alkyl halides is 3. The summed E-state index contributed by atoms with van der Waals surface area (Å²) in [5.74, 6) is -3.33. The number of aromatic carboxylic acids is 1. The Labute approximate surface area is 142 Å². The first-order chi connectivity index (χ1) is 11.6. The van der Waals surface area contributed by atoms with E-state index in [9.17, 15) is 23.1 Å². The average molecular weight is 376 g/mol. The van der Waals surface area contributed by atoms with Gasteiger partial charge in [-0.3, -0.25) is 5.41 Å². The van der Waals surface area contributed by atoms with E-state index in [2.05, 4.69) is 15.3 Å². The van der Waals surface area contributed by atoms with E-state index < -0.39 is 30.2 Å². The maximum absolute atomic E-state index is 12.6. The number of nitrogens with zero attached hydrogens (tertiary/aromatic N) is 5. The van der Waals surface area contributed by atoms with Crippen LogP contribution < -0.4 is 0 Å². The van der Waals surface area contributed by atoms with Crippen molar-refractivity contribution in [3.05, 3.63) is 40.8 Å². The average Bonchev–Trinajstić information content (AvgIpc) is 2.95. The Balaban J connectivity index is 2.43. The molecule has 0 aliphatic carbocycles. The van der Waals surface area contributed by atoms with Crippen LogP contribution in [0.15, 0.2) is 29.6 Å². The van der Waals surface area contributed by atoms with Crippen LogP contribution >= 0.6 is 11.6 Å². The fourth-order valence-electron chi connectivity index (χ4n) is 1.82. The Bertz CT molecular complexity index is 836. The van der Waals surface area contributed by atoms with E-state index in [1.807, 2.05) is 0 Å². The molecular formula is C12H9ClF3N7O2. The minimum atomic E-state index is -5.02. The zero-order valence-electron chi connectivity index (χ0n) is 12.1. The molecule has 3 N–H and O–H groups in total. The Hall–Kier alpha value is -3.02. The molecule has 0 radical (unpaired) electrons. The summed E-state index contributed by atoms with van der Waals surface area (Å²) in [5, 5.41) is 22.8. The van der Waals surface area contributed by atoms with Gasteiger partial charge in [0.25, 0.3) is 0 Å². The number of aromatic nitrogens is 3. The molecular weight excluding hydrogens is 367 g/mol. The maximum atomic E-state index is 12.6. The topological polar surface area (TPSA) is 131 Å². The second kappa shape index (κ2) is 6.84. The summed E-state index contributed by atoms with van der Waals surface area (Å²) >= 11 is 5.93. The van der Waals surface area contributed by atoms with Gasteiger partial charge in [-0.25, -0.2) is 19.5 Å². The van der Waals surface area contributed by atoms with Gasteiger partial charge in [0.05, 0.1) is 17.3 Å². The van der Waals surface area contributed by atoms with Crippen molar-refractivity contribution in [2.45, 2.75) is 12.7 Å². The Morgan fingerprint density at radius 2 is 2.16 bits per heavy atom. The molecule has 0 fully saturated rings.